The minimum Gasteiger partial charge on any atom is -0.282 e. The van der Waals surface area contributed by atoms with E-state index in [4.69, 9.17) is 0 Å². The number of hydrogen-bond acceptors (Lipinski definition) is 2. The minimum absolute atomic E-state index is 0.761. The summed E-state index contributed by atoms with van der Waals surface area (Å²) in [5, 5.41) is 8.22. The van der Waals surface area contributed by atoms with E-state index in [0.717, 1.165) is 21.5 Å². The number of hydrogen-bond donors (Lipinski definition) is 0. The molecule has 2 heterocycles. The van der Waals surface area contributed by atoms with E-state index in [1.165, 1.54) is 0 Å². The van der Waals surface area contributed by atoms with Crippen LogP contribution in [0.1, 0.15) is 5.82 Å². The molecule has 0 radical (unpaired) electrons. The van der Waals surface area contributed by atoms with Crippen molar-refractivity contribution >= 4 is 27.2 Å². The lowest BCUT2D eigenvalue weighted by molar-refractivity contribution is 1.07. The molecule has 0 saturated carbocycles. The first-order valence-electron chi connectivity index (χ1n) is 4.72. The van der Waals surface area contributed by atoms with Crippen LogP contribution in [0, 0.1) is 0 Å². The molecule has 0 aliphatic heterocycles. The smallest absolute Gasteiger partial charge is 0.168 e. The van der Waals surface area contributed by atoms with Gasteiger partial charge in [-0.1, -0.05) is 47.3 Å². The molecule has 80 valence electrons. The fourth-order valence-electron chi connectivity index (χ4n) is 1.42. The molecule has 2 aromatic heterocycles. The van der Waals surface area contributed by atoms with Crippen LogP contribution in [0.3, 0.4) is 0 Å². The van der Waals surface area contributed by atoms with E-state index in [2.05, 4.69) is 39.3 Å². The Balaban J connectivity index is 2.66. The highest BCUT2D eigenvalue weighted by Crippen LogP contribution is 2.17. The summed E-state index contributed by atoms with van der Waals surface area (Å²) in [6.07, 6.45) is 7.21. The molecule has 4 heteroatoms. The number of fused-ring (bicyclic) bond motifs is 1. The third-order valence-corrected chi connectivity index (χ3v) is 2.64. The topological polar surface area (TPSA) is 30.2 Å². The predicted octanol–water partition coefficient (Wildman–Crippen LogP) is 3.25. The van der Waals surface area contributed by atoms with Crippen molar-refractivity contribution in [2.24, 2.45) is 0 Å². The van der Waals surface area contributed by atoms with Crippen molar-refractivity contribution in [2.75, 3.05) is 0 Å². The third-order valence-electron chi connectivity index (χ3n) is 2.15. The van der Waals surface area contributed by atoms with Gasteiger partial charge in [-0.2, -0.15) is 0 Å². The summed E-state index contributed by atoms with van der Waals surface area (Å²) in [6, 6.07) is 3.85. The van der Waals surface area contributed by atoms with Gasteiger partial charge in [0.2, 0.25) is 0 Å². The maximum atomic E-state index is 4.13. The molecule has 16 heavy (non-hydrogen) atoms. The predicted molar refractivity (Wildman–Crippen MR) is 69.1 cm³/mol. The van der Waals surface area contributed by atoms with E-state index in [-0.39, 0.29) is 0 Å². The molecule has 0 atom stereocenters. The van der Waals surface area contributed by atoms with Crippen LogP contribution < -0.4 is 0 Å². The standard InChI is InChI=1S/C12H10BrN3/c1-3-5-9(4-2)12-15-14-11-8-10(13)6-7-16(11)12/h3-8H,1-2H2/b9-5+. The molecule has 0 aliphatic rings. The number of aromatic nitrogens is 3. The molecule has 0 aromatic carbocycles. The van der Waals surface area contributed by atoms with Gasteiger partial charge in [0, 0.05) is 16.2 Å². The molecular formula is C12H10BrN3. The molecule has 0 bridgehead atoms. The Hall–Kier alpha value is -1.68. The summed E-state index contributed by atoms with van der Waals surface area (Å²) >= 11 is 3.39. The lowest BCUT2D eigenvalue weighted by Gasteiger charge is -1.99. The average molecular weight is 276 g/mol. The number of halogens is 1. The highest BCUT2D eigenvalue weighted by atomic mass is 79.9. The summed E-state index contributed by atoms with van der Waals surface area (Å²) < 4.78 is 2.88. The Morgan fingerprint density at radius 1 is 1.38 bits per heavy atom. The van der Waals surface area contributed by atoms with E-state index in [1.54, 1.807) is 12.2 Å². The van der Waals surface area contributed by atoms with Crippen molar-refractivity contribution in [3.05, 3.63) is 60.0 Å². The molecule has 0 aliphatic carbocycles. The van der Waals surface area contributed by atoms with Gasteiger partial charge in [0.1, 0.15) is 0 Å². The highest BCUT2D eigenvalue weighted by molar-refractivity contribution is 9.10. The van der Waals surface area contributed by atoms with E-state index >= 15 is 0 Å². The molecule has 0 spiro atoms. The van der Waals surface area contributed by atoms with Crippen LogP contribution >= 0.6 is 15.9 Å². The fraction of sp³-hybridized carbons (Fsp3) is 0. The normalized spacial score (nSPS) is 11.7. The Morgan fingerprint density at radius 3 is 2.88 bits per heavy atom. The second kappa shape index (κ2) is 4.45. The van der Waals surface area contributed by atoms with Gasteiger partial charge < -0.3 is 0 Å². The quantitative estimate of drug-likeness (QED) is 0.805. The monoisotopic (exact) mass is 275 g/mol. The number of allylic oxidation sites excluding steroid dienone is 4. The van der Waals surface area contributed by atoms with Gasteiger partial charge in [-0.25, -0.2) is 0 Å². The van der Waals surface area contributed by atoms with E-state index in [0.29, 0.717) is 0 Å². The Morgan fingerprint density at radius 2 is 2.19 bits per heavy atom. The van der Waals surface area contributed by atoms with Crippen molar-refractivity contribution in [1.82, 2.24) is 14.6 Å². The summed E-state index contributed by atoms with van der Waals surface area (Å²) in [5.41, 5.74) is 1.69. The van der Waals surface area contributed by atoms with Gasteiger partial charge in [-0.3, -0.25) is 4.40 Å². The maximum absolute atomic E-state index is 4.13. The summed E-state index contributed by atoms with van der Waals surface area (Å²) in [4.78, 5) is 0. The Kier molecular flexibility index (Phi) is 3.01. The Bertz CT molecular complexity index is 581. The van der Waals surface area contributed by atoms with Gasteiger partial charge in [0.15, 0.2) is 11.5 Å². The zero-order chi connectivity index (χ0) is 11.5. The maximum Gasteiger partial charge on any atom is 0.168 e. The summed E-state index contributed by atoms with van der Waals surface area (Å²) in [6.45, 7) is 7.42. The van der Waals surface area contributed by atoms with Gasteiger partial charge in [-0.05, 0) is 12.1 Å². The minimum atomic E-state index is 0.761. The number of pyridine rings is 1. The number of rotatable bonds is 3. The van der Waals surface area contributed by atoms with Crippen LogP contribution in [0.25, 0.3) is 11.2 Å². The molecule has 0 amide bonds. The fourth-order valence-corrected chi connectivity index (χ4v) is 1.75. The second-order valence-electron chi connectivity index (χ2n) is 3.16. The first kappa shape index (κ1) is 10.8. The highest BCUT2D eigenvalue weighted by Gasteiger charge is 2.07. The van der Waals surface area contributed by atoms with Crippen molar-refractivity contribution < 1.29 is 0 Å². The van der Waals surface area contributed by atoms with E-state index in [1.807, 2.05) is 28.8 Å². The lowest BCUT2D eigenvalue weighted by Crippen LogP contribution is -1.91. The molecule has 0 unspecified atom stereocenters. The molecule has 2 rings (SSSR count). The largest absolute Gasteiger partial charge is 0.282 e. The van der Waals surface area contributed by atoms with Gasteiger partial charge in [0.05, 0.1) is 0 Å². The van der Waals surface area contributed by atoms with Gasteiger partial charge in [-0.15, -0.1) is 10.2 Å². The Labute approximate surface area is 102 Å². The van der Waals surface area contributed by atoms with Crippen LogP contribution in [-0.2, 0) is 0 Å². The van der Waals surface area contributed by atoms with Crippen molar-refractivity contribution in [2.45, 2.75) is 0 Å². The van der Waals surface area contributed by atoms with Crippen molar-refractivity contribution in [1.29, 1.82) is 0 Å². The van der Waals surface area contributed by atoms with Gasteiger partial charge >= 0.3 is 0 Å². The SMILES string of the molecule is C=C/C=C(\C=C)c1nnc2cc(Br)ccn12. The summed E-state index contributed by atoms with van der Waals surface area (Å²) in [7, 11) is 0. The van der Waals surface area contributed by atoms with Crippen molar-refractivity contribution in [3.8, 4) is 0 Å². The molecule has 0 N–H and O–H groups in total. The second-order valence-corrected chi connectivity index (χ2v) is 4.07. The molecule has 2 aromatic rings. The lowest BCUT2D eigenvalue weighted by atomic mass is 10.2. The zero-order valence-electron chi connectivity index (χ0n) is 8.60. The first-order chi connectivity index (χ1) is 7.76. The first-order valence-corrected chi connectivity index (χ1v) is 5.51. The average Bonchev–Trinajstić information content (AvgIpc) is 2.68. The van der Waals surface area contributed by atoms with Crippen LogP contribution in [0.2, 0.25) is 0 Å². The number of nitrogens with zero attached hydrogens (tertiary/aromatic N) is 3. The summed E-state index contributed by atoms with van der Waals surface area (Å²) in [5.74, 6) is 0.761. The van der Waals surface area contributed by atoms with Crippen LogP contribution in [-0.4, -0.2) is 14.6 Å². The zero-order valence-corrected chi connectivity index (χ0v) is 10.2. The molecular weight excluding hydrogens is 266 g/mol. The van der Waals surface area contributed by atoms with Crippen LogP contribution in [0.4, 0.5) is 0 Å². The molecule has 0 fully saturated rings. The van der Waals surface area contributed by atoms with Crippen LogP contribution in [0.5, 0.6) is 0 Å². The molecule has 0 saturated heterocycles. The van der Waals surface area contributed by atoms with Crippen LogP contribution in [0.15, 0.2) is 54.2 Å². The third kappa shape index (κ3) is 1.84. The van der Waals surface area contributed by atoms with E-state index in [9.17, 15) is 0 Å². The van der Waals surface area contributed by atoms with Crippen molar-refractivity contribution in [3.63, 3.8) is 0 Å². The van der Waals surface area contributed by atoms with E-state index < -0.39 is 0 Å². The molecule has 3 nitrogen and oxygen atoms in total. The van der Waals surface area contributed by atoms with Gasteiger partial charge in [0.25, 0.3) is 0 Å².